The molecule has 1 aliphatic rings. The maximum atomic E-state index is 4.57. The maximum absolute atomic E-state index is 4.57. The molecule has 1 fully saturated rings. The zero-order chi connectivity index (χ0) is 14.7. The summed E-state index contributed by atoms with van der Waals surface area (Å²) < 4.78 is 0. The molecule has 1 aromatic heterocycles. The molecular weight excluding hydrogens is 248 g/mol. The van der Waals surface area contributed by atoms with Gasteiger partial charge in [0.05, 0.1) is 0 Å². The van der Waals surface area contributed by atoms with Crippen LogP contribution >= 0.6 is 0 Å². The Morgan fingerprint density at radius 1 is 1.30 bits per heavy atom. The van der Waals surface area contributed by atoms with E-state index in [0.29, 0.717) is 12.0 Å². The normalized spacial score (nSPS) is 16.3. The van der Waals surface area contributed by atoms with E-state index in [2.05, 4.69) is 54.9 Å². The summed E-state index contributed by atoms with van der Waals surface area (Å²) in [6, 6.07) is 0.557. The molecular formula is C16H28N4. The lowest BCUT2D eigenvalue weighted by Crippen LogP contribution is -2.32. The van der Waals surface area contributed by atoms with Gasteiger partial charge in [-0.25, -0.2) is 9.97 Å². The van der Waals surface area contributed by atoms with Crippen molar-refractivity contribution in [2.75, 3.05) is 23.8 Å². The van der Waals surface area contributed by atoms with Crippen molar-refractivity contribution in [1.82, 2.24) is 9.97 Å². The van der Waals surface area contributed by atoms with Gasteiger partial charge in [-0.15, -0.1) is 0 Å². The zero-order valence-electron chi connectivity index (χ0n) is 13.5. The second-order valence-corrected chi connectivity index (χ2v) is 6.23. The van der Waals surface area contributed by atoms with Gasteiger partial charge in [0.1, 0.15) is 18.0 Å². The first-order chi connectivity index (χ1) is 9.56. The summed E-state index contributed by atoms with van der Waals surface area (Å²) in [5.74, 6) is 3.34. The highest BCUT2D eigenvalue weighted by atomic mass is 15.2. The molecule has 112 valence electrons. The summed E-state index contributed by atoms with van der Waals surface area (Å²) in [5, 5.41) is 3.45. The van der Waals surface area contributed by atoms with Gasteiger partial charge < -0.3 is 10.2 Å². The van der Waals surface area contributed by atoms with Crippen molar-refractivity contribution in [2.24, 2.45) is 5.92 Å². The molecule has 1 saturated carbocycles. The van der Waals surface area contributed by atoms with Crippen LogP contribution in [0.5, 0.6) is 0 Å². The van der Waals surface area contributed by atoms with Crippen LogP contribution < -0.4 is 10.2 Å². The molecule has 0 aromatic carbocycles. The molecule has 0 spiro atoms. The van der Waals surface area contributed by atoms with E-state index in [1.165, 1.54) is 18.4 Å². The van der Waals surface area contributed by atoms with Gasteiger partial charge in [0, 0.05) is 25.2 Å². The van der Waals surface area contributed by atoms with E-state index >= 15 is 0 Å². The van der Waals surface area contributed by atoms with Gasteiger partial charge in [-0.05, 0) is 38.0 Å². The molecule has 0 amide bonds. The molecule has 4 nitrogen and oxygen atoms in total. The minimum Gasteiger partial charge on any atom is -0.370 e. The van der Waals surface area contributed by atoms with Crippen LogP contribution in [-0.4, -0.2) is 29.6 Å². The van der Waals surface area contributed by atoms with Crippen LogP contribution in [0.4, 0.5) is 11.6 Å². The molecule has 0 saturated heterocycles. The fraction of sp³-hybridized carbons (Fsp3) is 0.750. The Morgan fingerprint density at radius 2 is 2.00 bits per heavy atom. The lowest BCUT2D eigenvalue weighted by Gasteiger charge is -2.29. The number of nitrogens with zero attached hydrogens (tertiary/aromatic N) is 3. The third-order valence-electron chi connectivity index (χ3n) is 4.23. The summed E-state index contributed by atoms with van der Waals surface area (Å²) in [5.41, 5.74) is 1.25. The van der Waals surface area contributed by atoms with Crippen LogP contribution in [0.1, 0.15) is 58.4 Å². The van der Waals surface area contributed by atoms with E-state index in [0.717, 1.165) is 30.5 Å². The highest BCUT2D eigenvalue weighted by Gasteiger charge is 2.32. The Labute approximate surface area is 123 Å². The second kappa shape index (κ2) is 6.42. The number of hydrogen-bond donors (Lipinski definition) is 1. The molecule has 0 aliphatic heterocycles. The minimum atomic E-state index is 0.416. The molecule has 1 N–H and O–H groups in total. The van der Waals surface area contributed by atoms with Crippen molar-refractivity contribution in [1.29, 1.82) is 0 Å². The van der Waals surface area contributed by atoms with Crippen molar-refractivity contribution in [2.45, 2.75) is 58.9 Å². The predicted octanol–water partition coefficient (Wildman–Crippen LogP) is 3.66. The van der Waals surface area contributed by atoms with Crippen molar-refractivity contribution >= 4 is 11.6 Å². The highest BCUT2D eigenvalue weighted by molar-refractivity contribution is 5.60. The molecule has 1 unspecified atom stereocenters. The number of nitrogens with one attached hydrogen (secondary N) is 1. The van der Waals surface area contributed by atoms with E-state index in [1.807, 2.05) is 0 Å². The first-order valence-electron chi connectivity index (χ1n) is 7.87. The molecule has 4 heteroatoms. The van der Waals surface area contributed by atoms with E-state index in [-0.39, 0.29) is 0 Å². The zero-order valence-corrected chi connectivity index (χ0v) is 13.5. The Kier molecular flexibility index (Phi) is 4.84. The van der Waals surface area contributed by atoms with Gasteiger partial charge >= 0.3 is 0 Å². The van der Waals surface area contributed by atoms with Crippen LogP contribution in [0.2, 0.25) is 0 Å². The quantitative estimate of drug-likeness (QED) is 0.825. The Balaban J connectivity index is 2.30. The Morgan fingerprint density at radius 3 is 2.55 bits per heavy atom. The van der Waals surface area contributed by atoms with E-state index in [9.17, 15) is 0 Å². The number of anilines is 2. The number of aromatic nitrogens is 2. The van der Waals surface area contributed by atoms with Crippen molar-refractivity contribution in [3.63, 3.8) is 0 Å². The van der Waals surface area contributed by atoms with Gasteiger partial charge in [-0.3, -0.25) is 0 Å². The average molecular weight is 276 g/mol. The van der Waals surface area contributed by atoms with Crippen LogP contribution in [0, 0.1) is 5.92 Å². The highest BCUT2D eigenvalue weighted by Crippen LogP contribution is 2.38. The second-order valence-electron chi connectivity index (χ2n) is 6.23. The number of rotatable bonds is 7. The largest absolute Gasteiger partial charge is 0.370 e. The van der Waals surface area contributed by atoms with Gasteiger partial charge in [0.25, 0.3) is 0 Å². The number of hydrogen-bond acceptors (Lipinski definition) is 4. The summed E-state index contributed by atoms with van der Waals surface area (Å²) in [7, 11) is 2.17. The van der Waals surface area contributed by atoms with E-state index < -0.39 is 0 Å². The topological polar surface area (TPSA) is 41.1 Å². The van der Waals surface area contributed by atoms with Gasteiger partial charge in [0.2, 0.25) is 0 Å². The van der Waals surface area contributed by atoms with E-state index in [1.54, 1.807) is 6.33 Å². The molecule has 0 bridgehead atoms. The Hall–Kier alpha value is -1.32. The molecule has 1 aliphatic carbocycles. The van der Waals surface area contributed by atoms with Crippen molar-refractivity contribution < 1.29 is 0 Å². The maximum Gasteiger partial charge on any atom is 0.137 e. The van der Waals surface area contributed by atoms with Crippen LogP contribution in [0.25, 0.3) is 0 Å². The third-order valence-corrected chi connectivity index (χ3v) is 4.23. The summed E-state index contributed by atoms with van der Waals surface area (Å²) in [6.07, 6.45) is 5.50. The van der Waals surface area contributed by atoms with Crippen LogP contribution in [0.3, 0.4) is 0 Å². The summed E-state index contributed by atoms with van der Waals surface area (Å²) in [6.45, 7) is 9.87. The fourth-order valence-electron chi connectivity index (χ4n) is 2.67. The molecule has 1 atom stereocenters. The van der Waals surface area contributed by atoms with Crippen LogP contribution in [-0.2, 0) is 0 Å². The summed E-state index contributed by atoms with van der Waals surface area (Å²) >= 11 is 0. The molecule has 1 aromatic rings. The van der Waals surface area contributed by atoms with Gasteiger partial charge in [-0.2, -0.15) is 0 Å². The third kappa shape index (κ3) is 3.22. The van der Waals surface area contributed by atoms with Crippen molar-refractivity contribution in [3.05, 3.63) is 11.9 Å². The minimum absolute atomic E-state index is 0.416. The predicted molar refractivity (Wildman–Crippen MR) is 85.5 cm³/mol. The molecule has 1 heterocycles. The Bertz CT molecular complexity index is 440. The molecule has 2 rings (SSSR count). The smallest absolute Gasteiger partial charge is 0.137 e. The average Bonchev–Trinajstić information content (AvgIpc) is 3.27. The lowest BCUT2D eigenvalue weighted by atomic mass is 10.0. The summed E-state index contributed by atoms with van der Waals surface area (Å²) in [4.78, 5) is 11.4. The fourth-order valence-corrected chi connectivity index (χ4v) is 2.67. The lowest BCUT2D eigenvalue weighted by molar-refractivity contribution is 0.599. The standard InChI is InChI=1S/C16H28N4/c1-6-9-17-15-14(11(2)3)16(19-10-18-15)20(5)12(4)13-7-8-13/h10-13H,6-9H2,1-5H3,(H,17,18,19). The van der Waals surface area contributed by atoms with Gasteiger partial charge in [-0.1, -0.05) is 20.8 Å². The van der Waals surface area contributed by atoms with Crippen molar-refractivity contribution in [3.8, 4) is 0 Å². The first kappa shape index (κ1) is 15.1. The molecule has 20 heavy (non-hydrogen) atoms. The SMILES string of the molecule is CCCNc1ncnc(N(C)C(C)C2CC2)c1C(C)C. The van der Waals surface area contributed by atoms with Crippen LogP contribution in [0.15, 0.2) is 6.33 Å². The first-order valence-corrected chi connectivity index (χ1v) is 7.87. The monoisotopic (exact) mass is 276 g/mol. The van der Waals surface area contributed by atoms with E-state index in [4.69, 9.17) is 0 Å². The molecule has 0 radical (unpaired) electrons. The van der Waals surface area contributed by atoms with Gasteiger partial charge in [0.15, 0.2) is 0 Å².